The third-order valence-corrected chi connectivity index (χ3v) is 6.57. The van der Waals surface area contributed by atoms with Crippen molar-refractivity contribution in [1.82, 2.24) is 4.90 Å². The summed E-state index contributed by atoms with van der Waals surface area (Å²) in [7, 11) is 0. The van der Waals surface area contributed by atoms with Crippen molar-refractivity contribution in [2.24, 2.45) is 9.98 Å². The number of likely N-dealkylation sites (tertiary alicyclic amines) is 1. The monoisotopic (exact) mass is 593 g/mol. The normalized spacial score (nSPS) is 17.3. The standard InChI is InChI=1S/C30H30F3N3O3.Ni/c31-30(32,33)18-17-25(29(38)39)34-27(22-12-5-2-6-13-22)23-14-7-8-15-24(23)35-28(37)26-16-9-19-36(26)20-21-10-3-1-4-11-21;/h1-8,10-15,25-26H,9,16-20H2,(H,35,37)(H,38,39);/q;+2/p-2/t25-,26-;/m1./s1. The van der Waals surface area contributed by atoms with E-state index in [0.29, 0.717) is 24.1 Å². The van der Waals surface area contributed by atoms with Crippen LogP contribution in [0.2, 0.25) is 0 Å². The first-order valence-electron chi connectivity index (χ1n) is 12.7. The molecule has 1 heterocycles. The zero-order valence-electron chi connectivity index (χ0n) is 21.5. The molecule has 4 rings (SSSR count). The predicted octanol–water partition coefficient (Wildman–Crippen LogP) is 4.04. The third-order valence-electron chi connectivity index (χ3n) is 6.57. The SMILES string of the molecule is O=C([O-])[C@@H](CCC(F)(F)F)N=C(c1ccccc1)c1ccccc1N=C([O-])[C@H]1CCCN1Cc1ccccc1.[Ni+2]. The first-order valence-corrected chi connectivity index (χ1v) is 12.7. The van der Waals surface area contributed by atoms with Crippen molar-refractivity contribution in [3.63, 3.8) is 0 Å². The van der Waals surface area contributed by atoms with Gasteiger partial charge in [0, 0.05) is 30.1 Å². The molecule has 0 saturated carbocycles. The van der Waals surface area contributed by atoms with Crippen LogP contribution in [0.5, 0.6) is 0 Å². The Labute approximate surface area is 241 Å². The van der Waals surface area contributed by atoms with Crippen LogP contribution < -0.4 is 10.2 Å². The quantitative estimate of drug-likeness (QED) is 0.202. The fraction of sp³-hybridized carbons (Fsp3) is 0.300. The Bertz CT molecular complexity index is 1320. The van der Waals surface area contributed by atoms with Crippen LogP contribution >= 0.6 is 0 Å². The van der Waals surface area contributed by atoms with Gasteiger partial charge in [0.2, 0.25) is 0 Å². The average Bonchev–Trinajstić information content (AvgIpc) is 3.38. The minimum Gasteiger partial charge on any atom is -0.861 e. The summed E-state index contributed by atoms with van der Waals surface area (Å²) in [4.78, 5) is 22.5. The van der Waals surface area contributed by atoms with Gasteiger partial charge < -0.3 is 15.0 Å². The van der Waals surface area contributed by atoms with E-state index in [0.717, 1.165) is 18.5 Å². The number of hydrogen-bond donors (Lipinski definition) is 0. The molecule has 6 nitrogen and oxygen atoms in total. The number of carboxylic acids is 1. The van der Waals surface area contributed by atoms with E-state index in [-0.39, 0.29) is 33.8 Å². The summed E-state index contributed by atoms with van der Waals surface area (Å²) in [6.07, 6.45) is -5.12. The number of halogens is 3. The van der Waals surface area contributed by atoms with Gasteiger partial charge >= 0.3 is 22.7 Å². The van der Waals surface area contributed by atoms with E-state index in [4.69, 9.17) is 0 Å². The summed E-state index contributed by atoms with van der Waals surface area (Å²) < 4.78 is 38.6. The van der Waals surface area contributed by atoms with Gasteiger partial charge in [-0.25, -0.2) is 0 Å². The van der Waals surface area contributed by atoms with Gasteiger partial charge in [0.05, 0.1) is 23.4 Å². The zero-order chi connectivity index (χ0) is 27.8. The number of benzene rings is 3. The van der Waals surface area contributed by atoms with E-state index in [9.17, 15) is 28.2 Å². The van der Waals surface area contributed by atoms with E-state index < -0.39 is 37.1 Å². The Morgan fingerprint density at radius 2 is 1.57 bits per heavy atom. The van der Waals surface area contributed by atoms with Crippen molar-refractivity contribution in [3.05, 3.63) is 102 Å². The summed E-state index contributed by atoms with van der Waals surface area (Å²) in [5.41, 5.74) is 2.32. The molecular weight excluding hydrogens is 566 g/mol. The minimum absolute atomic E-state index is 0. The van der Waals surface area contributed by atoms with Crippen LogP contribution in [0, 0.1) is 0 Å². The molecule has 0 unspecified atom stereocenters. The smallest absolute Gasteiger partial charge is 0.861 e. The van der Waals surface area contributed by atoms with Crippen molar-refractivity contribution < 1.29 is 44.7 Å². The Hall–Kier alpha value is -3.49. The van der Waals surface area contributed by atoms with Crippen LogP contribution in [0.25, 0.3) is 0 Å². The van der Waals surface area contributed by atoms with Gasteiger partial charge in [-0.15, -0.1) is 0 Å². The summed E-state index contributed by atoms with van der Waals surface area (Å²) in [6.45, 7) is 1.36. The van der Waals surface area contributed by atoms with Crippen molar-refractivity contribution in [2.75, 3.05) is 6.54 Å². The number of para-hydroxylation sites is 1. The van der Waals surface area contributed by atoms with E-state index in [2.05, 4.69) is 14.9 Å². The number of aliphatic imine (C=N–C) groups is 2. The molecule has 0 radical (unpaired) electrons. The second-order valence-electron chi connectivity index (χ2n) is 9.41. The first kappa shape index (κ1) is 31.0. The summed E-state index contributed by atoms with van der Waals surface area (Å²) in [6, 6.07) is 22.8. The fourth-order valence-electron chi connectivity index (χ4n) is 4.66. The number of carboxylic acid groups (broad SMARTS) is 1. The van der Waals surface area contributed by atoms with Crippen LogP contribution in [0.1, 0.15) is 42.4 Å². The molecule has 0 N–H and O–H groups in total. The third kappa shape index (κ3) is 8.50. The van der Waals surface area contributed by atoms with E-state index in [1.54, 1.807) is 54.6 Å². The van der Waals surface area contributed by atoms with Crippen LogP contribution in [-0.4, -0.2) is 47.3 Å². The summed E-state index contributed by atoms with van der Waals surface area (Å²) in [5.74, 6) is -2.04. The Kier molecular flexibility index (Phi) is 11.0. The molecule has 3 aromatic rings. The van der Waals surface area contributed by atoms with Crippen LogP contribution in [-0.2, 0) is 27.8 Å². The molecule has 1 saturated heterocycles. The van der Waals surface area contributed by atoms with Gasteiger partial charge in [-0.05, 0) is 43.3 Å². The second kappa shape index (κ2) is 14.2. The number of alkyl halides is 3. The molecule has 0 aliphatic carbocycles. The number of nitrogens with zero attached hydrogens (tertiary/aromatic N) is 3. The summed E-state index contributed by atoms with van der Waals surface area (Å²) in [5, 5.41) is 25.2. The fourth-order valence-corrected chi connectivity index (χ4v) is 4.66. The molecule has 1 fully saturated rings. The molecule has 0 bridgehead atoms. The molecule has 0 amide bonds. The van der Waals surface area contributed by atoms with Crippen molar-refractivity contribution in [2.45, 2.75) is 50.5 Å². The van der Waals surface area contributed by atoms with E-state index >= 15 is 0 Å². The van der Waals surface area contributed by atoms with E-state index in [1.165, 1.54) is 0 Å². The molecule has 212 valence electrons. The first-order chi connectivity index (χ1) is 18.7. The summed E-state index contributed by atoms with van der Waals surface area (Å²) >= 11 is 0. The number of aliphatic carboxylic acids is 1. The molecule has 0 aromatic heterocycles. The van der Waals surface area contributed by atoms with Crippen molar-refractivity contribution in [1.29, 1.82) is 0 Å². The maximum Gasteiger partial charge on any atom is 2.00 e. The molecule has 1 aliphatic heterocycles. The molecule has 3 aromatic carbocycles. The Morgan fingerprint density at radius 1 is 0.950 bits per heavy atom. The van der Waals surface area contributed by atoms with Gasteiger partial charge in [-0.2, -0.15) is 13.2 Å². The average molecular weight is 594 g/mol. The van der Waals surface area contributed by atoms with Gasteiger partial charge in [-0.1, -0.05) is 78.9 Å². The molecule has 2 atom stereocenters. The molecule has 10 heteroatoms. The topological polar surface area (TPSA) is 91.1 Å². The van der Waals surface area contributed by atoms with Gasteiger partial charge in [-0.3, -0.25) is 14.9 Å². The Morgan fingerprint density at radius 3 is 2.23 bits per heavy atom. The van der Waals surface area contributed by atoms with Gasteiger partial charge in [0.15, 0.2) is 0 Å². The number of hydrogen-bond acceptors (Lipinski definition) is 6. The minimum atomic E-state index is -4.54. The number of carbonyl (C=O) groups excluding carboxylic acids is 1. The molecular formula is C30H28F3N3NiO3. The molecule has 40 heavy (non-hydrogen) atoms. The van der Waals surface area contributed by atoms with Crippen molar-refractivity contribution >= 4 is 23.3 Å². The van der Waals surface area contributed by atoms with Crippen molar-refractivity contribution in [3.8, 4) is 0 Å². The van der Waals surface area contributed by atoms with Crippen LogP contribution in [0.3, 0.4) is 0 Å². The second-order valence-corrected chi connectivity index (χ2v) is 9.41. The Balaban J connectivity index is 0.00000441. The maximum atomic E-state index is 13.4. The van der Waals surface area contributed by atoms with Crippen LogP contribution in [0.15, 0.2) is 94.9 Å². The zero-order valence-corrected chi connectivity index (χ0v) is 22.5. The number of rotatable bonds is 10. The van der Waals surface area contributed by atoms with Gasteiger partial charge in [0.1, 0.15) is 0 Å². The van der Waals surface area contributed by atoms with E-state index in [1.807, 2.05) is 30.3 Å². The largest absolute Gasteiger partial charge is 2.00 e. The maximum absolute atomic E-state index is 13.4. The molecule has 0 spiro atoms. The predicted molar refractivity (Wildman–Crippen MR) is 140 cm³/mol. The molecule has 1 aliphatic rings. The number of carbonyl (C=O) groups is 1. The van der Waals surface area contributed by atoms with Gasteiger partial charge in [0.25, 0.3) is 0 Å². The van der Waals surface area contributed by atoms with Crippen LogP contribution in [0.4, 0.5) is 18.9 Å².